The minimum Gasteiger partial charge on any atom is -0.416 e. The van der Waals surface area contributed by atoms with E-state index < -0.39 is 12.1 Å². The topological polar surface area (TPSA) is 80.3 Å². The number of alkyl halides is 3. The van der Waals surface area contributed by atoms with Crippen LogP contribution in [0.2, 0.25) is 0 Å². The SMILES string of the molecule is CC(C)Cn1nc(N2CCN(Cc3nnc(C(F)(F)F)o3)CC2)ccc1=O. The van der Waals surface area contributed by atoms with Crippen molar-refractivity contribution in [1.29, 1.82) is 0 Å². The van der Waals surface area contributed by atoms with E-state index in [1.165, 1.54) is 10.7 Å². The Bertz CT molecular complexity index is 824. The highest BCUT2D eigenvalue weighted by atomic mass is 19.4. The predicted molar refractivity (Wildman–Crippen MR) is 90.1 cm³/mol. The first kappa shape index (κ1) is 19.3. The summed E-state index contributed by atoms with van der Waals surface area (Å²) >= 11 is 0. The van der Waals surface area contributed by atoms with Gasteiger partial charge >= 0.3 is 12.1 Å². The Labute approximate surface area is 153 Å². The molecule has 3 heterocycles. The molecule has 1 aliphatic rings. The van der Waals surface area contributed by atoms with Gasteiger partial charge in [-0.1, -0.05) is 13.8 Å². The Morgan fingerprint density at radius 2 is 1.85 bits per heavy atom. The molecule has 1 saturated heterocycles. The molecule has 1 fully saturated rings. The minimum absolute atomic E-state index is 0.0561. The van der Waals surface area contributed by atoms with Gasteiger partial charge in [0, 0.05) is 38.8 Å². The second-order valence-corrected chi connectivity index (χ2v) is 6.87. The number of piperazine rings is 1. The van der Waals surface area contributed by atoms with E-state index in [-0.39, 0.29) is 18.0 Å². The fourth-order valence-corrected chi connectivity index (χ4v) is 2.84. The molecule has 0 radical (unpaired) electrons. The van der Waals surface area contributed by atoms with Gasteiger partial charge in [0.05, 0.1) is 6.54 Å². The smallest absolute Gasteiger partial charge is 0.416 e. The number of hydrogen-bond donors (Lipinski definition) is 0. The number of anilines is 1. The Hall–Kier alpha value is -2.43. The number of halogens is 3. The summed E-state index contributed by atoms with van der Waals surface area (Å²) in [5, 5.41) is 10.9. The molecule has 0 unspecified atom stereocenters. The predicted octanol–water partition coefficient (Wildman–Crippen LogP) is 1.62. The average Bonchev–Trinajstić information content (AvgIpc) is 3.06. The highest BCUT2D eigenvalue weighted by Gasteiger charge is 2.38. The van der Waals surface area contributed by atoms with Gasteiger partial charge in [0.25, 0.3) is 5.56 Å². The summed E-state index contributed by atoms with van der Waals surface area (Å²) in [6.45, 7) is 7.22. The summed E-state index contributed by atoms with van der Waals surface area (Å²) in [7, 11) is 0. The summed E-state index contributed by atoms with van der Waals surface area (Å²) in [5.74, 6) is -0.363. The molecule has 148 valence electrons. The first-order chi connectivity index (χ1) is 12.7. The zero-order chi connectivity index (χ0) is 19.6. The van der Waals surface area contributed by atoms with E-state index in [4.69, 9.17) is 0 Å². The summed E-state index contributed by atoms with van der Waals surface area (Å²) < 4.78 is 43.7. The summed E-state index contributed by atoms with van der Waals surface area (Å²) in [6, 6.07) is 3.20. The molecule has 2 aromatic heterocycles. The number of rotatable bonds is 5. The van der Waals surface area contributed by atoms with Crippen LogP contribution in [0, 0.1) is 5.92 Å². The van der Waals surface area contributed by atoms with E-state index in [0.717, 1.165) is 0 Å². The van der Waals surface area contributed by atoms with Gasteiger partial charge in [-0.05, 0) is 12.0 Å². The van der Waals surface area contributed by atoms with Crippen LogP contribution in [0.4, 0.5) is 19.0 Å². The molecule has 0 aliphatic carbocycles. The lowest BCUT2D eigenvalue weighted by atomic mass is 10.2. The van der Waals surface area contributed by atoms with Crippen molar-refractivity contribution in [3.8, 4) is 0 Å². The van der Waals surface area contributed by atoms with Crippen LogP contribution in [-0.2, 0) is 19.3 Å². The van der Waals surface area contributed by atoms with Crippen molar-refractivity contribution < 1.29 is 17.6 Å². The fourth-order valence-electron chi connectivity index (χ4n) is 2.84. The Kier molecular flexibility index (Phi) is 5.49. The number of aromatic nitrogens is 4. The first-order valence-electron chi connectivity index (χ1n) is 8.67. The van der Waals surface area contributed by atoms with Crippen molar-refractivity contribution in [3.05, 3.63) is 34.3 Å². The maximum absolute atomic E-state index is 12.5. The van der Waals surface area contributed by atoms with Crippen LogP contribution in [-0.4, -0.2) is 51.1 Å². The quantitative estimate of drug-likeness (QED) is 0.773. The second-order valence-electron chi connectivity index (χ2n) is 6.87. The van der Waals surface area contributed by atoms with Crippen LogP contribution in [0.15, 0.2) is 21.3 Å². The van der Waals surface area contributed by atoms with E-state index in [1.807, 2.05) is 23.6 Å². The van der Waals surface area contributed by atoms with Gasteiger partial charge < -0.3 is 9.32 Å². The molecule has 27 heavy (non-hydrogen) atoms. The van der Waals surface area contributed by atoms with Gasteiger partial charge in [0.2, 0.25) is 5.89 Å². The van der Waals surface area contributed by atoms with E-state index in [2.05, 4.69) is 19.7 Å². The molecule has 0 atom stereocenters. The molecule has 0 aromatic carbocycles. The lowest BCUT2D eigenvalue weighted by Gasteiger charge is -2.34. The van der Waals surface area contributed by atoms with Crippen molar-refractivity contribution in [2.45, 2.75) is 33.1 Å². The largest absolute Gasteiger partial charge is 0.470 e. The third-order valence-corrected chi connectivity index (χ3v) is 4.16. The van der Waals surface area contributed by atoms with Gasteiger partial charge in [0.1, 0.15) is 5.82 Å². The van der Waals surface area contributed by atoms with Crippen LogP contribution < -0.4 is 10.5 Å². The third kappa shape index (κ3) is 4.85. The van der Waals surface area contributed by atoms with Crippen molar-refractivity contribution in [2.75, 3.05) is 31.1 Å². The molecular formula is C16H21F3N6O2. The van der Waals surface area contributed by atoms with Crippen LogP contribution in [0.5, 0.6) is 0 Å². The van der Waals surface area contributed by atoms with Gasteiger partial charge in [0.15, 0.2) is 0 Å². The first-order valence-corrected chi connectivity index (χ1v) is 8.67. The molecule has 1 aliphatic heterocycles. The molecule has 0 spiro atoms. The molecule has 11 heteroatoms. The van der Waals surface area contributed by atoms with Gasteiger partial charge in [-0.3, -0.25) is 9.69 Å². The van der Waals surface area contributed by atoms with Gasteiger partial charge in [-0.2, -0.15) is 18.3 Å². The molecule has 0 amide bonds. The third-order valence-electron chi connectivity index (χ3n) is 4.16. The lowest BCUT2D eigenvalue weighted by Crippen LogP contribution is -2.46. The normalized spacial score (nSPS) is 16.3. The highest BCUT2D eigenvalue weighted by Crippen LogP contribution is 2.28. The number of hydrogen-bond acceptors (Lipinski definition) is 7. The Morgan fingerprint density at radius 1 is 1.15 bits per heavy atom. The molecular weight excluding hydrogens is 365 g/mol. The van der Waals surface area contributed by atoms with Crippen LogP contribution in [0.1, 0.15) is 25.6 Å². The van der Waals surface area contributed by atoms with Crippen LogP contribution in [0.3, 0.4) is 0 Å². The van der Waals surface area contributed by atoms with Crippen molar-refractivity contribution >= 4 is 5.82 Å². The zero-order valence-corrected chi connectivity index (χ0v) is 15.1. The summed E-state index contributed by atoms with van der Waals surface area (Å²) in [6.07, 6.45) is -4.63. The van der Waals surface area contributed by atoms with Gasteiger partial charge in [-0.15, -0.1) is 10.2 Å². The molecule has 0 bridgehead atoms. The highest BCUT2D eigenvalue weighted by molar-refractivity contribution is 5.37. The van der Waals surface area contributed by atoms with Crippen LogP contribution >= 0.6 is 0 Å². The van der Waals surface area contributed by atoms with E-state index in [1.54, 1.807) is 6.07 Å². The standard InChI is InChI=1S/C16H21F3N6O2/c1-11(2)9-25-14(26)4-3-12(22-25)24-7-5-23(6-8-24)10-13-20-21-15(27-13)16(17,18)19/h3-4,11H,5-10H2,1-2H3. The molecule has 8 nitrogen and oxygen atoms in total. The zero-order valence-electron chi connectivity index (χ0n) is 15.1. The van der Waals surface area contributed by atoms with Crippen molar-refractivity contribution in [2.24, 2.45) is 5.92 Å². The second kappa shape index (κ2) is 7.67. The maximum Gasteiger partial charge on any atom is 0.470 e. The summed E-state index contributed by atoms with van der Waals surface area (Å²) in [4.78, 5) is 15.9. The van der Waals surface area contributed by atoms with Crippen LogP contribution in [0.25, 0.3) is 0 Å². The van der Waals surface area contributed by atoms with Crippen molar-refractivity contribution in [1.82, 2.24) is 24.9 Å². The van der Waals surface area contributed by atoms with E-state index in [9.17, 15) is 18.0 Å². The van der Waals surface area contributed by atoms with E-state index in [0.29, 0.717) is 44.5 Å². The Balaban J connectivity index is 1.59. The van der Waals surface area contributed by atoms with Crippen molar-refractivity contribution in [3.63, 3.8) is 0 Å². The van der Waals surface area contributed by atoms with E-state index >= 15 is 0 Å². The fraction of sp³-hybridized carbons (Fsp3) is 0.625. The maximum atomic E-state index is 12.5. The summed E-state index contributed by atoms with van der Waals surface area (Å²) in [5.41, 5.74) is -0.136. The minimum atomic E-state index is -4.63. The average molecular weight is 386 g/mol. The molecule has 2 aromatic rings. The molecule has 0 N–H and O–H groups in total. The van der Waals surface area contributed by atoms with Gasteiger partial charge in [-0.25, -0.2) is 4.68 Å². The monoisotopic (exact) mass is 386 g/mol. The number of nitrogens with zero attached hydrogens (tertiary/aromatic N) is 6. The molecule has 0 saturated carbocycles. The Morgan fingerprint density at radius 3 is 2.44 bits per heavy atom. The lowest BCUT2D eigenvalue weighted by molar-refractivity contribution is -0.157. The molecule has 3 rings (SSSR count).